The van der Waals surface area contributed by atoms with Gasteiger partial charge in [0.25, 0.3) is 0 Å². The molecule has 0 amide bonds. The first-order valence-corrected chi connectivity index (χ1v) is 12.3. The van der Waals surface area contributed by atoms with E-state index in [1.807, 2.05) is 61.5 Å². The SMILES string of the molecule is [2H]C([2H])([2H])c1cc(-c2c(C#N)ccc3c2oc2c(-c4cc(C)c(F)c[n+]4C)c(C)ccc23)ccc1-c1ccccc1. The first-order chi connectivity index (χ1) is 19.6. The number of benzene rings is 4. The van der Waals surface area contributed by atoms with Crippen molar-refractivity contribution in [2.45, 2.75) is 20.7 Å². The molecule has 0 aliphatic rings. The first-order valence-electron chi connectivity index (χ1n) is 13.8. The van der Waals surface area contributed by atoms with Crippen LogP contribution in [0.1, 0.15) is 26.4 Å². The number of rotatable bonds is 3. The standard InChI is InChI=1S/C34H26FN2O/c1-20-10-13-27-28-15-12-25(18-36)32(24-11-14-26(21(2)16-24)23-8-6-5-7-9-23)34(28)38-33(27)31(20)30-17-22(3)29(35)19-37(30)4/h5-17,19H,1-4H3/q+1/i2D3. The van der Waals surface area contributed by atoms with Crippen molar-refractivity contribution in [1.29, 1.82) is 5.26 Å². The highest BCUT2D eigenvalue weighted by molar-refractivity contribution is 6.14. The van der Waals surface area contributed by atoms with Gasteiger partial charge >= 0.3 is 0 Å². The van der Waals surface area contributed by atoms with Gasteiger partial charge in [-0.2, -0.15) is 9.83 Å². The average molecular weight is 501 g/mol. The average Bonchev–Trinajstić information content (AvgIpc) is 3.33. The summed E-state index contributed by atoms with van der Waals surface area (Å²) in [5.41, 5.74) is 7.33. The third-order valence-corrected chi connectivity index (χ3v) is 7.20. The second-order valence-corrected chi connectivity index (χ2v) is 9.64. The summed E-state index contributed by atoms with van der Waals surface area (Å²) < 4.78 is 47.5. The van der Waals surface area contributed by atoms with Gasteiger partial charge in [0.1, 0.15) is 18.2 Å². The molecule has 0 saturated heterocycles. The normalized spacial score (nSPS) is 12.8. The van der Waals surface area contributed by atoms with Crippen LogP contribution in [0.4, 0.5) is 4.39 Å². The molecule has 0 aliphatic heterocycles. The molecule has 0 bridgehead atoms. The number of nitriles is 1. The molecule has 3 nitrogen and oxygen atoms in total. The summed E-state index contributed by atoms with van der Waals surface area (Å²) in [4.78, 5) is 0. The van der Waals surface area contributed by atoms with Crippen molar-refractivity contribution >= 4 is 21.9 Å². The van der Waals surface area contributed by atoms with Crippen LogP contribution in [0.2, 0.25) is 0 Å². The fourth-order valence-corrected chi connectivity index (χ4v) is 5.24. The van der Waals surface area contributed by atoms with Gasteiger partial charge in [-0.25, -0.2) is 4.39 Å². The van der Waals surface area contributed by atoms with E-state index in [4.69, 9.17) is 8.53 Å². The highest BCUT2D eigenvalue weighted by atomic mass is 19.1. The van der Waals surface area contributed by atoms with E-state index >= 15 is 0 Å². The van der Waals surface area contributed by atoms with Crippen molar-refractivity contribution in [2.24, 2.45) is 7.05 Å². The highest BCUT2D eigenvalue weighted by Crippen LogP contribution is 2.42. The van der Waals surface area contributed by atoms with Crippen molar-refractivity contribution in [3.05, 3.63) is 113 Å². The monoisotopic (exact) mass is 500 g/mol. The summed E-state index contributed by atoms with van der Waals surface area (Å²) in [5, 5.41) is 11.8. The number of aryl methyl sites for hydroxylation is 4. The van der Waals surface area contributed by atoms with Crippen molar-refractivity contribution in [3.63, 3.8) is 0 Å². The Hall–Kier alpha value is -4.75. The molecule has 0 atom stereocenters. The molecule has 0 spiro atoms. The van der Waals surface area contributed by atoms with Gasteiger partial charge in [0.2, 0.25) is 11.9 Å². The quantitative estimate of drug-likeness (QED) is 0.229. The minimum absolute atomic E-state index is 0.198. The molecule has 2 heterocycles. The van der Waals surface area contributed by atoms with Crippen LogP contribution < -0.4 is 4.57 Å². The summed E-state index contributed by atoms with van der Waals surface area (Å²) in [6.45, 7) is 1.33. The van der Waals surface area contributed by atoms with Crippen molar-refractivity contribution in [3.8, 4) is 39.6 Å². The fraction of sp³-hybridized carbons (Fsp3) is 0.118. The predicted molar refractivity (Wildman–Crippen MR) is 150 cm³/mol. The molecule has 2 aromatic heterocycles. The van der Waals surface area contributed by atoms with E-state index in [2.05, 4.69) is 6.07 Å². The van der Waals surface area contributed by atoms with E-state index in [9.17, 15) is 9.65 Å². The fourth-order valence-electron chi connectivity index (χ4n) is 5.24. The van der Waals surface area contributed by atoms with Crippen LogP contribution >= 0.6 is 0 Å². The molecule has 0 radical (unpaired) electrons. The lowest BCUT2D eigenvalue weighted by atomic mass is 9.92. The Bertz CT molecular complexity index is 2040. The predicted octanol–water partition coefficient (Wildman–Crippen LogP) is 8.35. The maximum Gasteiger partial charge on any atom is 0.216 e. The summed E-state index contributed by atoms with van der Waals surface area (Å²) >= 11 is 0. The zero-order valence-electron chi connectivity index (χ0n) is 24.3. The molecular formula is C34H26FN2O+. The maximum atomic E-state index is 14.3. The first kappa shape index (κ1) is 20.3. The summed E-state index contributed by atoms with van der Waals surface area (Å²) in [7, 11) is 1.79. The lowest BCUT2D eigenvalue weighted by Gasteiger charge is -2.11. The number of hydrogen-bond acceptors (Lipinski definition) is 2. The molecule has 0 fully saturated rings. The minimum Gasteiger partial charge on any atom is -0.454 e. The van der Waals surface area contributed by atoms with Crippen molar-refractivity contribution < 1.29 is 17.5 Å². The molecule has 38 heavy (non-hydrogen) atoms. The van der Waals surface area contributed by atoms with Crippen LogP contribution in [-0.2, 0) is 7.05 Å². The lowest BCUT2D eigenvalue weighted by molar-refractivity contribution is -0.662. The molecule has 6 rings (SSSR count). The Labute approximate surface area is 225 Å². The van der Waals surface area contributed by atoms with Crippen LogP contribution in [0.5, 0.6) is 0 Å². The molecular weight excluding hydrogens is 471 g/mol. The number of nitrogens with zero attached hydrogens (tertiary/aromatic N) is 2. The van der Waals surface area contributed by atoms with Crippen LogP contribution in [0.25, 0.3) is 55.4 Å². The van der Waals surface area contributed by atoms with Crippen LogP contribution in [-0.4, -0.2) is 0 Å². The highest BCUT2D eigenvalue weighted by Gasteiger charge is 2.24. The number of halogens is 1. The Morgan fingerprint density at radius 3 is 2.29 bits per heavy atom. The molecule has 4 aromatic carbocycles. The molecule has 4 heteroatoms. The van der Waals surface area contributed by atoms with Crippen LogP contribution in [0.3, 0.4) is 0 Å². The molecule has 184 valence electrons. The summed E-state index contributed by atoms with van der Waals surface area (Å²) in [6.07, 6.45) is 1.45. The van der Waals surface area contributed by atoms with Gasteiger partial charge in [-0.15, -0.1) is 0 Å². The second-order valence-electron chi connectivity index (χ2n) is 9.64. The number of furan rings is 1. The Morgan fingerprint density at radius 2 is 1.55 bits per heavy atom. The van der Waals surface area contributed by atoms with Crippen LogP contribution in [0.15, 0.2) is 89.5 Å². The number of hydrogen-bond donors (Lipinski definition) is 0. The van der Waals surface area contributed by atoms with Crippen molar-refractivity contribution in [1.82, 2.24) is 0 Å². The Kier molecular flexibility index (Phi) is 4.80. The Morgan fingerprint density at radius 1 is 0.816 bits per heavy atom. The zero-order valence-corrected chi connectivity index (χ0v) is 21.3. The maximum absolute atomic E-state index is 14.3. The smallest absolute Gasteiger partial charge is 0.216 e. The summed E-state index contributed by atoms with van der Waals surface area (Å²) in [6, 6.07) is 26.3. The van der Waals surface area contributed by atoms with Gasteiger partial charge in [-0.3, -0.25) is 0 Å². The van der Waals surface area contributed by atoms with E-state index < -0.39 is 6.85 Å². The third kappa shape index (κ3) is 3.67. The summed E-state index contributed by atoms with van der Waals surface area (Å²) in [5.74, 6) is -0.296. The second kappa shape index (κ2) is 8.97. The molecule has 0 aliphatic carbocycles. The van der Waals surface area contributed by atoms with E-state index in [0.29, 0.717) is 39.0 Å². The van der Waals surface area contributed by atoms with Gasteiger partial charge in [-0.1, -0.05) is 60.7 Å². The van der Waals surface area contributed by atoms with E-state index in [0.717, 1.165) is 33.2 Å². The zero-order chi connectivity index (χ0) is 29.1. The van der Waals surface area contributed by atoms with Gasteiger partial charge in [-0.05, 0) is 66.2 Å². The largest absolute Gasteiger partial charge is 0.454 e. The number of fused-ring (bicyclic) bond motifs is 3. The van der Waals surface area contributed by atoms with E-state index in [-0.39, 0.29) is 11.4 Å². The molecule has 0 N–H and O–H groups in total. The molecule has 6 aromatic rings. The third-order valence-electron chi connectivity index (χ3n) is 7.20. The topological polar surface area (TPSA) is 40.8 Å². The van der Waals surface area contributed by atoms with Gasteiger partial charge in [0.15, 0.2) is 5.82 Å². The Balaban J connectivity index is 1.67. The minimum atomic E-state index is -2.38. The van der Waals surface area contributed by atoms with Gasteiger partial charge < -0.3 is 4.42 Å². The van der Waals surface area contributed by atoms with E-state index in [1.165, 1.54) is 6.20 Å². The lowest BCUT2D eigenvalue weighted by Crippen LogP contribution is -2.31. The number of pyridine rings is 1. The molecule has 0 saturated carbocycles. The molecule has 0 unspecified atom stereocenters. The van der Waals surface area contributed by atoms with Crippen molar-refractivity contribution in [2.75, 3.05) is 0 Å². The van der Waals surface area contributed by atoms with Gasteiger partial charge in [0, 0.05) is 26.5 Å². The van der Waals surface area contributed by atoms with Crippen LogP contribution in [0, 0.1) is 37.8 Å². The number of aromatic nitrogens is 1. The van der Waals surface area contributed by atoms with Gasteiger partial charge in [0.05, 0.1) is 17.2 Å². The van der Waals surface area contributed by atoms with E-state index in [1.54, 1.807) is 42.8 Å².